The molecule has 0 aromatic carbocycles. The van der Waals surface area contributed by atoms with Crippen LogP contribution in [-0.2, 0) is 4.74 Å². The Balaban J connectivity index is -0.000000307. The highest BCUT2D eigenvalue weighted by Gasteiger charge is 1.98. The molecule has 0 aromatic heterocycles. The lowest BCUT2D eigenvalue weighted by atomic mass is 10.2. The first-order valence-corrected chi connectivity index (χ1v) is 7.03. The van der Waals surface area contributed by atoms with Crippen LogP contribution < -0.4 is 5.73 Å². The minimum absolute atomic E-state index is 0.502. The fourth-order valence-corrected chi connectivity index (χ4v) is 1.00. The van der Waals surface area contributed by atoms with Crippen molar-refractivity contribution in [2.45, 2.75) is 47.0 Å². The molecule has 3 heteroatoms. The third-order valence-corrected chi connectivity index (χ3v) is 1.98. The summed E-state index contributed by atoms with van der Waals surface area (Å²) in [6.45, 7) is 12.0. The first-order chi connectivity index (χ1) is 9.21. The molecule has 0 atom stereocenters. The number of hydrogen-bond donors (Lipinski definition) is 1. The van der Waals surface area contributed by atoms with Crippen molar-refractivity contribution < 1.29 is 9.13 Å². The van der Waals surface area contributed by atoms with Gasteiger partial charge in [-0.2, -0.15) is 0 Å². The number of allylic oxidation sites excluding steroid dienone is 4. The standard InChI is InChI=1S/C10H15FO.C4H11N.C2H6/c1-4-6-7-9(8-11)10(5-2)12-3;1-2-3-4-5;1-2/h5-7H,2,4,8H2,1,3H3;2-5H2,1H3;1-2H3/b7-6-,10-9-;;. The zero-order chi connectivity index (χ0) is 15.5. The lowest BCUT2D eigenvalue weighted by Crippen LogP contribution is -1.95. The molecular formula is C16H32FNO. The van der Waals surface area contributed by atoms with Crippen molar-refractivity contribution in [1.82, 2.24) is 0 Å². The van der Waals surface area contributed by atoms with E-state index < -0.39 is 6.67 Å². The lowest BCUT2D eigenvalue weighted by molar-refractivity contribution is 0.300. The molecule has 0 spiro atoms. The monoisotopic (exact) mass is 273 g/mol. The van der Waals surface area contributed by atoms with Crippen LogP contribution in [0.25, 0.3) is 0 Å². The minimum atomic E-state index is -0.522. The fourth-order valence-electron chi connectivity index (χ4n) is 1.00. The van der Waals surface area contributed by atoms with Crippen LogP contribution in [0.3, 0.4) is 0 Å². The smallest absolute Gasteiger partial charge is 0.124 e. The summed E-state index contributed by atoms with van der Waals surface area (Å²) in [6.07, 6.45) is 8.39. The van der Waals surface area contributed by atoms with E-state index in [1.165, 1.54) is 26.0 Å². The molecule has 2 nitrogen and oxygen atoms in total. The van der Waals surface area contributed by atoms with E-state index in [1.807, 2.05) is 26.8 Å². The number of hydrogen-bond acceptors (Lipinski definition) is 2. The molecule has 19 heavy (non-hydrogen) atoms. The second-order valence-electron chi connectivity index (χ2n) is 3.38. The predicted molar refractivity (Wildman–Crippen MR) is 84.9 cm³/mol. The van der Waals surface area contributed by atoms with Crippen LogP contribution >= 0.6 is 0 Å². The van der Waals surface area contributed by atoms with E-state index in [0.717, 1.165) is 13.0 Å². The van der Waals surface area contributed by atoms with Crippen molar-refractivity contribution in [1.29, 1.82) is 0 Å². The van der Waals surface area contributed by atoms with Crippen molar-refractivity contribution in [3.8, 4) is 0 Å². The lowest BCUT2D eigenvalue weighted by Gasteiger charge is -2.03. The Morgan fingerprint density at radius 3 is 2.11 bits per heavy atom. The molecule has 0 aliphatic heterocycles. The molecular weight excluding hydrogens is 241 g/mol. The van der Waals surface area contributed by atoms with Crippen molar-refractivity contribution in [3.63, 3.8) is 0 Å². The second-order valence-corrected chi connectivity index (χ2v) is 3.38. The fraction of sp³-hybridized carbons (Fsp3) is 0.625. The Labute approximate surface area is 119 Å². The van der Waals surface area contributed by atoms with Gasteiger partial charge in [0.15, 0.2) is 0 Å². The zero-order valence-electron chi connectivity index (χ0n) is 13.3. The summed E-state index contributed by atoms with van der Waals surface area (Å²) in [7, 11) is 1.51. The van der Waals surface area contributed by atoms with Gasteiger partial charge in [0.2, 0.25) is 0 Å². The van der Waals surface area contributed by atoms with Gasteiger partial charge in [0.05, 0.1) is 7.11 Å². The summed E-state index contributed by atoms with van der Waals surface area (Å²) in [5.74, 6) is 0.502. The van der Waals surface area contributed by atoms with E-state index in [4.69, 9.17) is 10.5 Å². The maximum absolute atomic E-state index is 12.4. The molecule has 0 rings (SSSR count). The van der Waals surface area contributed by atoms with Crippen LogP contribution in [0.1, 0.15) is 47.0 Å². The van der Waals surface area contributed by atoms with Gasteiger partial charge >= 0.3 is 0 Å². The van der Waals surface area contributed by atoms with E-state index >= 15 is 0 Å². The maximum atomic E-state index is 12.4. The summed E-state index contributed by atoms with van der Waals surface area (Å²) in [5.41, 5.74) is 5.68. The quantitative estimate of drug-likeness (QED) is 0.535. The molecule has 0 unspecified atom stereocenters. The SMILES string of the molecule is C=C/C(OC)=C(\C=C/CC)CF.CC.CCCCN. The highest BCUT2D eigenvalue weighted by Crippen LogP contribution is 2.09. The van der Waals surface area contributed by atoms with Gasteiger partial charge in [-0.15, -0.1) is 0 Å². The van der Waals surface area contributed by atoms with Gasteiger partial charge in [0, 0.05) is 5.57 Å². The van der Waals surface area contributed by atoms with Crippen LogP contribution in [0.15, 0.2) is 36.1 Å². The Morgan fingerprint density at radius 2 is 1.89 bits per heavy atom. The molecule has 0 aromatic rings. The average Bonchev–Trinajstić information content (AvgIpc) is 2.47. The van der Waals surface area contributed by atoms with Crippen molar-refractivity contribution in [2.24, 2.45) is 5.73 Å². The highest BCUT2D eigenvalue weighted by molar-refractivity contribution is 5.28. The van der Waals surface area contributed by atoms with Crippen LogP contribution in [0.5, 0.6) is 0 Å². The zero-order valence-corrected chi connectivity index (χ0v) is 13.3. The molecule has 0 aliphatic rings. The highest BCUT2D eigenvalue weighted by atomic mass is 19.1. The number of alkyl halides is 1. The molecule has 2 N–H and O–H groups in total. The Kier molecular flexibility index (Phi) is 26.8. The number of nitrogens with two attached hydrogens (primary N) is 1. The van der Waals surface area contributed by atoms with Gasteiger partial charge in [0.25, 0.3) is 0 Å². The van der Waals surface area contributed by atoms with Crippen LogP contribution in [0.2, 0.25) is 0 Å². The van der Waals surface area contributed by atoms with E-state index in [9.17, 15) is 4.39 Å². The molecule has 0 saturated heterocycles. The van der Waals surface area contributed by atoms with E-state index in [1.54, 1.807) is 6.08 Å². The summed E-state index contributed by atoms with van der Waals surface area (Å²) in [6, 6.07) is 0. The van der Waals surface area contributed by atoms with E-state index in [-0.39, 0.29) is 0 Å². The molecule has 0 aliphatic carbocycles. The summed E-state index contributed by atoms with van der Waals surface area (Å²) in [5, 5.41) is 0. The average molecular weight is 273 g/mol. The molecule has 0 bridgehead atoms. The topological polar surface area (TPSA) is 35.2 Å². The third kappa shape index (κ3) is 16.9. The third-order valence-electron chi connectivity index (χ3n) is 1.98. The van der Waals surface area contributed by atoms with Crippen LogP contribution in [0.4, 0.5) is 4.39 Å². The maximum Gasteiger partial charge on any atom is 0.124 e. The molecule has 0 amide bonds. The van der Waals surface area contributed by atoms with Crippen LogP contribution in [-0.4, -0.2) is 20.3 Å². The molecule has 0 saturated carbocycles. The van der Waals surface area contributed by atoms with Crippen molar-refractivity contribution in [2.75, 3.05) is 20.3 Å². The number of halogens is 1. The molecule has 0 radical (unpaired) electrons. The number of ether oxygens (including phenoxy) is 1. The van der Waals surface area contributed by atoms with Gasteiger partial charge < -0.3 is 10.5 Å². The second kappa shape index (κ2) is 22.1. The van der Waals surface area contributed by atoms with Crippen LogP contribution in [0, 0.1) is 0 Å². The largest absolute Gasteiger partial charge is 0.496 e. The van der Waals surface area contributed by atoms with Crippen molar-refractivity contribution in [3.05, 3.63) is 36.1 Å². The first-order valence-electron chi connectivity index (χ1n) is 7.03. The van der Waals surface area contributed by atoms with E-state index in [0.29, 0.717) is 11.3 Å². The number of rotatable bonds is 7. The predicted octanol–water partition coefficient (Wildman–Crippen LogP) is 4.78. The molecule has 114 valence electrons. The van der Waals surface area contributed by atoms with Crippen molar-refractivity contribution >= 4 is 0 Å². The van der Waals surface area contributed by atoms with E-state index in [2.05, 4.69) is 13.5 Å². The van der Waals surface area contributed by atoms with Gasteiger partial charge in [-0.25, -0.2) is 4.39 Å². The van der Waals surface area contributed by atoms with Gasteiger partial charge in [-0.05, 0) is 25.5 Å². The van der Waals surface area contributed by atoms with Gasteiger partial charge in [0.1, 0.15) is 12.4 Å². The summed E-state index contributed by atoms with van der Waals surface area (Å²) < 4.78 is 17.3. The summed E-state index contributed by atoms with van der Waals surface area (Å²) >= 11 is 0. The van der Waals surface area contributed by atoms with Gasteiger partial charge in [-0.3, -0.25) is 0 Å². The Bertz CT molecular complexity index is 233. The molecule has 0 heterocycles. The number of unbranched alkanes of at least 4 members (excludes halogenated alkanes) is 1. The van der Waals surface area contributed by atoms with Gasteiger partial charge in [-0.1, -0.05) is 52.8 Å². The Hall–Kier alpha value is -1.09. The minimum Gasteiger partial charge on any atom is -0.496 e. The molecule has 0 fully saturated rings. The summed E-state index contributed by atoms with van der Waals surface area (Å²) in [4.78, 5) is 0. The first kappa shape index (κ1) is 23.0. The number of methoxy groups -OCH3 is 1. The Morgan fingerprint density at radius 1 is 1.32 bits per heavy atom. The normalized spacial score (nSPS) is 10.7.